The van der Waals surface area contributed by atoms with Crippen molar-refractivity contribution in [3.05, 3.63) is 77.7 Å². The number of carbonyl (C=O) groups excluding carboxylic acids is 1. The van der Waals surface area contributed by atoms with Crippen LogP contribution >= 0.6 is 0 Å². The standard InChI is InChI=1S/C25H25FN4O4/c1-15-21(27-24(34-15)19-9-8-18(32-2)12-23(19)33-3)14-29-10-11-30-22(25(29)31)13-20(28-30)16-4-6-17(26)7-5-16/h4-12,20,22,28H,13-14H2,1-3H3. The Morgan fingerprint density at radius 3 is 2.68 bits per heavy atom. The molecule has 1 aromatic heterocycles. The van der Waals surface area contributed by atoms with E-state index in [2.05, 4.69) is 10.4 Å². The van der Waals surface area contributed by atoms with Crippen LogP contribution in [-0.2, 0) is 11.3 Å². The van der Waals surface area contributed by atoms with Gasteiger partial charge in [-0.1, -0.05) is 12.1 Å². The molecule has 34 heavy (non-hydrogen) atoms. The van der Waals surface area contributed by atoms with E-state index in [0.717, 1.165) is 5.56 Å². The molecule has 0 saturated carbocycles. The Kier molecular flexibility index (Phi) is 5.70. The summed E-state index contributed by atoms with van der Waals surface area (Å²) in [4.78, 5) is 19.5. The van der Waals surface area contributed by atoms with Crippen LogP contribution in [0.15, 0.2) is 59.3 Å². The molecule has 2 aliphatic heterocycles. The number of amides is 1. The lowest BCUT2D eigenvalue weighted by Crippen LogP contribution is -2.47. The van der Waals surface area contributed by atoms with Crippen LogP contribution in [0, 0.1) is 12.7 Å². The summed E-state index contributed by atoms with van der Waals surface area (Å²) in [6.45, 7) is 2.11. The molecule has 176 valence electrons. The number of fused-ring (bicyclic) bond motifs is 1. The van der Waals surface area contributed by atoms with Crippen molar-refractivity contribution in [1.29, 1.82) is 0 Å². The van der Waals surface area contributed by atoms with Crippen molar-refractivity contribution in [2.45, 2.75) is 32.0 Å². The van der Waals surface area contributed by atoms with Crippen molar-refractivity contribution in [2.75, 3.05) is 14.2 Å². The molecule has 0 radical (unpaired) electrons. The maximum atomic E-state index is 13.3. The predicted molar refractivity (Wildman–Crippen MR) is 122 cm³/mol. The van der Waals surface area contributed by atoms with Crippen molar-refractivity contribution in [3.63, 3.8) is 0 Å². The van der Waals surface area contributed by atoms with Gasteiger partial charge in [-0.3, -0.25) is 4.79 Å². The Morgan fingerprint density at radius 1 is 1.15 bits per heavy atom. The van der Waals surface area contributed by atoms with E-state index >= 15 is 0 Å². The number of nitrogens with zero attached hydrogens (tertiary/aromatic N) is 3. The lowest BCUT2D eigenvalue weighted by Gasteiger charge is -2.31. The SMILES string of the molecule is COc1ccc(-c2nc(CN3C=CN4NC(c5ccc(F)cc5)CC4C3=O)c(C)o2)c(OC)c1. The topological polar surface area (TPSA) is 80.1 Å². The zero-order chi connectivity index (χ0) is 23.8. The Labute approximate surface area is 196 Å². The molecule has 9 heteroatoms. The van der Waals surface area contributed by atoms with Crippen LogP contribution in [0.4, 0.5) is 4.39 Å². The molecule has 0 bridgehead atoms. The third-order valence-corrected chi connectivity index (χ3v) is 6.20. The number of rotatable bonds is 6. The minimum absolute atomic E-state index is 0.0365. The van der Waals surface area contributed by atoms with Crippen LogP contribution in [0.2, 0.25) is 0 Å². The highest BCUT2D eigenvalue weighted by Gasteiger charge is 2.40. The van der Waals surface area contributed by atoms with Crippen molar-refractivity contribution in [2.24, 2.45) is 0 Å². The average Bonchev–Trinajstić information content (AvgIpc) is 3.45. The van der Waals surface area contributed by atoms with Gasteiger partial charge in [-0.05, 0) is 43.2 Å². The van der Waals surface area contributed by atoms with Crippen LogP contribution < -0.4 is 14.9 Å². The maximum absolute atomic E-state index is 13.3. The van der Waals surface area contributed by atoms with Gasteiger partial charge in [-0.2, -0.15) is 0 Å². The summed E-state index contributed by atoms with van der Waals surface area (Å²) in [6.07, 6.45) is 4.16. The van der Waals surface area contributed by atoms with E-state index in [9.17, 15) is 9.18 Å². The number of carbonyl (C=O) groups is 1. The van der Waals surface area contributed by atoms with Gasteiger partial charge >= 0.3 is 0 Å². The van der Waals surface area contributed by atoms with Crippen LogP contribution in [0.1, 0.15) is 29.5 Å². The number of nitrogens with one attached hydrogen (secondary N) is 1. The van der Waals surface area contributed by atoms with E-state index in [4.69, 9.17) is 13.9 Å². The quantitative estimate of drug-likeness (QED) is 0.592. The molecule has 2 atom stereocenters. The molecule has 1 amide bonds. The van der Waals surface area contributed by atoms with Crippen molar-refractivity contribution in [1.82, 2.24) is 20.3 Å². The number of aromatic nitrogens is 1. The van der Waals surface area contributed by atoms with Gasteiger partial charge in [-0.15, -0.1) is 0 Å². The molecule has 5 rings (SSSR count). The van der Waals surface area contributed by atoms with Crippen molar-refractivity contribution < 1.29 is 23.1 Å². The van der Waals surface area contributed by atoms with Gasteiger partial charge in [0.25, 0.3) is 5.91 Å². The first kappa shape index (κ1) is 22.0. The molecular weight excluding hydrogens is 439 g/mol. The summed E-state index contributed by atoms with van der Waals surface area (Å²) in [7, 11) is 3.17. The van der Waals surface area contributed by atoms with Crippen LogP contribution in [0.5, 0.6) is 11.5 Å². The third kappa shape index (κ3) is 3.99. The van der Waals surface area contributed by atoms with Crippen LogP contribution in [0.3, 0.4) is 0 Å². The number of aryl methyl sites for hydroxylation is 1. The number of benzene rings is 2. The predicted octanol–water partition coefficient (Wildman–Crippen LogP) is 3.94. The summed E-state index contributed by atoms with van der Waals surface area (Å²) in [5, 5.41) is 1.82. The molecular formula is C25H25FN4O4. The fraction of sp³-hybridized carbons (Fsp3) is 0.280. The van der Waals surface area contributed by atoms with E-state index in [1.54, 1.807) is 43.5 Å². The van der Waals surface area contributed by atoms with E-state index in [0.29, 0.717) is 40.8 Å². The van der Waals surface area contributed by atoms with E-state index in [1.807, 2.05) is 30.3 Å². The van der Waals surface area contributed by atoms with Crippen LogP contribution in [0.25, 0.3) is 11.5 Å². The highest BCUT2D eigenvalue weighted by Crippen LogP contribution is 2.35. The Balaban J connectivity index is 1.33. The molecule has 8 nitrogen and oxygen atoms in total. The van der Waals surface area contributed by atoms with E-state index < -0.39 is 0 Å². The van der Waals surface area contributed by atoms with E-state index in [1.165, 1.54) is 12.1 Å². The highest BCUT2D eigenvalue weighted by atomic mass is 19.1. The fourth-order valence-electron chi connectivity index (χ4n) is 4.31. The minimum Gasteiger partial charge on any atom is -0.497 e. The number of ether oxygens (including phenoxy) is 2. The van der Waals surface area contributed by atoms with Gasteiger partial charge in [0.15, 0.2) is 0 Å². The molecule has 0 aliphatic carbocycles. The summed E-state index contributed by atoms with van der Waals surface area (Å²) >= 11 is 0. The minimum atomic E-state index is -0.353. The largest absolute Gasteiger partial charge is 0.497 e. The van der Waals surface area contributed by atoms with Gasteiger partial charge in [0.1, 0.15) is 34.8 Å². The van der Waals surface area contributed by atoms with Gasteiger partial charge in [0.2, 0.25) is 5.89 Å². The lowest BCUT2D eigenvalue weighted by molar-refractivity contribution is -0.135. The smallest absolute Gasteiger partial charge is 0.251 e. The first-order chi connectivity index (χ1) is 16.5. The molecule has 2 aromatic carbocycles. The number of methoxy groups -OCH3 is 2. The maximum Gasteiger partial charge on any atom is 0.251 e. The number of oxazole rings is 1. The lowest BCUT2D eigenvalue weighted by atomic mass is 10.0. The average molecular weight is 464 g/mol. The Bertz CT molecular complexity index is 1240. The normalized spacial score (nSPS) is 19.5. The molecule has 1 saturated heterocycles. The number of hydrogen-bond donors (Lipinski definition) is 1. The molecule has 1 N–H and O–H groups in total. The van der Waals surface area contributed by atoms with Crippen molar-refractivity contribution >= 4 is 5.91 Å². The molecule has 2 aliphatic rings. The molecule has 1 fully saturated rings. The fourth-order valence-corrected chi connectivity index (χ4v) is 4.31. The van der Waals surface area contributed by atoms with Gasteiger partial charge < -0.3 is 23.8 Å². The first-order valence-electron chi connectivity index (χ1n) is 10.9. The number of hydrazine groups is 1. The first-order valence-corrected chi connectivity index (χ1v) is 10.9. The second kappa shape index (κ2) is 8.83. The van der Waals surface area contributed by atoms with Gasteiger partial charge in [0, 0.05) is 18.5 Å². The van der Waals surface area contributed by atoms with Gasteiger partial charge in [-0.25, -0.2) is 14.8 Å². The molecule has 3 aromatic rings. The number of halogens is 1. The summed E-state index contributed by atoms with van der Waals surface area (Å²) in [5.41, 5.74) is 5.63. The Hall–Kier alpha value is -3.85. The molecule has 2 unspecified atom stereocenters. The number of hydrogen-bond acceptors (Lipinski definition) is 7. The van der Waals surface area contributed by atoms with Crippen molar-refractivity contribution in [3.8, 4) is 23.0 Å². The van der Waals surface area contributed by atoms with Crippen LogP contribution in [-0.4, -0.2) is 41.1 Å². The van der Waals surface area contributed by atoms with E-state index in [-0.39, 0.29) is 30.4 Å². The zero-order valence-corrected chi connectivity index (χ0v) is 19.1. The second-order valence-electron chi connectivity index (χ2n) is 8.24. The third-order valence-electron chi connectivity index (χ3n) is 6.20. The zero-order valence-electron chi connectivity index (χ0n) is 19.1. The summed E-state index contributed by atoms with van der Waals surface area (Å²) in [6, 6.07) is 11.3. The molecule has 3 heterocycles. The van der Waals surface area contributed by atoms with Gasteiger partial charge in [0.05, 0.1) is 32.4 Å². The summed E-state index contributed by atoms with van der Waals surface area (Å²) in [5.74, 6) is 1.98. The monoisotopic (exact) mass is 464 g/mol. The second-order valence-corrected chi connectivity index (χ2v) is 8.24. The molecule has 0 spiro atoms. The summed E-state index contributed by atoms with van der Waals surface area (Å²) < 4.78 is 29.9. The Morgan fingerprint density at radius 2 is 1.94 bits per heavy atom. The highest BCUT2D eigenvalue weighted by molar-refractivity contribution is 5.84.